The summed E-state index contributed by atoms with van der Waals surface area (Å²) in [6.45, 7) is 4.46. The first kappa shape index (κ1) is 18.7. The van der Waals surface area contributed by atoms with E-state index in [0.29, 0.717) is 6.04 Å². The molecular weight excluding hydrogens is 302 g/mol. The fraction of sp³-hybridized carbons (Fsp3) is 0.632. The normalized spacial score (nSPS) is 18.9. The highest BCUT2D eigenvalue weighted by atomic mass is 16.5. The molecule has 1 aromatic carbocycles. The predicted molar refractivity (Wildman–Crippen MR) is 98.5 cm³/mol. The Kier molecular flexibility index (Phi) is 7.53. The molecule has 0 aliphatic carbocycles. The summed E-state index contributed by atoms with van der Waals surface area (Å²) in [5, 5.41) is 6.89. The molecule has 5 heteroatoms. The van der Waals surface area contributed by atoms with E-state index in [4.69, 9.17) is 9.47 Å². The zero-order chi connectivity index (χ0) is 17.3. The molecule has 0 bridgehead atoms. The molecule has 0 aromatic heterocycles. The molecule has 134 valence electrons. The first-order valence-electron chi connectivity index (χ1n) is 8.81. The second kappa shape index (κ2) is 9.64. The van der Waals surface area contributed by atoms with Gasteiger partial charge in [0.1, 0.15) is 0 Å². The van der Waals surface area contributed by atoms with Gasteiger partial charge in [0, 0.05) is 52.8 Å². The number of rotatable bonds is 7. The highest BCUT2D eigenvalue weighted by Gasteiger charge is 2.32. The lowest BCUT2D eigenvalue weighted by Crippen LogP contribution is -2.52. The van der Waals surface area contributed by atoms with E-state index in [1.807, 2.05) is 7.05 Å². The van der Waals surface area contributed by atoms with E-state index in [9.17, 15) is 0 Å². The lowest BCUT2D eigenvalue weighted by Gasteiger charge is -2.36. The Balaban J connectivity index is 1.76. The molecule has 1 aromatic rings. The topological polar surface area (TPSA) is 54.9 Å². The molecule has 1 aliphatic rings. The van der Waals surface area contributed by atoms with Gasteiger partial charge in [-0.3, -0.25) is 4.99 Å². The van der Waals surface area contributed by atoms with Crippen LogP contribution >= 0.6 is 0 Å². The summed E-state index contributed by atoms with van der Waals surface area (Å²) in [6, 6.07) is 10.9. The summed E-state index contributed by atoms with van der Waals surface area (Å²) >= 11 is 0. The summed E-state index contributed by atoms with van der Waals surface area (Å²) in [5.41, 5.74) is 1.22. The van der Waals surface area contributed by atoms with Crippen LogP contribution in [0.15, 0.2) is 35.3 Å². The zero-order valence-electron chi connectivity index (χ0n) is 15.2. The molecule has 24 heavy (non-hydrogen) atoms. The van der Waals surface area contributed by atoms with Crippen molar-refractivity contribution < 1.29 is 9.47 Å². The van der Waals surface area contributed by atoms with Gasteiger partial charge in [0.15, 0.2) is 5.96 Å². The molecular formula is C19H31N3O2. The van der Waals surface area contributed by atoms with Crippen molar-refractivity contribution in [3.8, 4) is 0 Å². The molecule has 5 nitrogen and oxygen atoms in total. The molecule has 1 unspecified atom stereocenters. The highest BCUT2D eigenvalue weighted by Crippen LogP contribution is 2.23. The maximum absolute atomic E-state index is 5.76. The van der Waals surface area contributed by atoms with Crippen LogP contribution in [0.4, 0.5) is 0 Å². The number of benzene rings is 1. The van der Waals surface area contributed by atoms with Gasteiger partial charge < -0.3 is 20.1 Å². The van der Waals surface area contributed by atoms with E-state index in [0.717, 1.165) is 51.4 Å². The Morgan fingerprint density at radius 2 is 2.00 bits per heavy atom. The molecule has 2 N–H and O–H groups in total. The van der Waals surface area contributed by atoms with Crippen LogP contribution < -0.4 is 10.6 Å². The maximum Gasteiger partial charge on any atom is 0.191 e. The van der Waals surface area contributed by atoms with Crippen molar-refractivity contribution in [1.29, 1.82) is 0 Å². The maximum atomic E-state index is 5.76. The molecule has 0 spiro atoms. The van der Waals surface area contributed by atoms with Crippen LogP contribution in [0.25, 0.3) is 0 Å². The Labute approximate surface area is 145 Å². The first-order chi connectivity index (χ1) is 11.7. The number of hydrogen-bond donors (Lipinski definition) is 2. The predicted octanol–water partition coefficient (Wildman–Crippen LogP) is 2.37. The van der Waals surface area contributed by atoms with Gasteiger partial charge in [-0.2, -0.15) is 0 Å². The third kappa shape index (κ3) is 5.80. The average Bonchev–Trinajstić information content (AvgIpc) is 2.65. The lowest BCUT2D eigenvalue weighted by molar-refractivity contribution is -0.0855. The average molecular weight is 333 g/mol. The van der Waals surface area contributed by atoms with Gasteiger partial charge in [-0.15, -0.1) is 0 Å². The molecule has 0 amide bonds. The molecule has 1 atom stereocenters. The summed E-state index contributed by atoms with van der Waals surface area (Å²) in [6.07, 6.45) is 3.95. The third-order valence-corrected chi connectivity index (χ3v) is 4.73. The van der Waals surface area contributed by atoms with Gasteiger partial charge in [0.2, 0.25) is 0 Å². The van der Waals surface area contributed by atoms with Crippen LogP contribution in [0.5, 0.6) is 0 Å². The number of hydrogen-bond acceptors (Lipinski definition) is 3. The molecule has 2 rings (SSSR count). The molecule has 0 radical (unpaired) electrons. The molecule has 0 saturated carbocycles. The smallest absolute Gasteiger partial charge is 0.191 e. The number of nitrogens with zero attached hydrogens (tertiary/aromatic N) is 1. The standard InChI is InChI=1S/C19H31N3O2/c1-16(9-10-17-7-5-4-6-8-17)22-18(20-2)21-15-19(23-3)11-13-24-14-12-19/h4-8,16H,9-15H2,1-3H3,(H2,20,21,22). The van der Waals surface area contributed by atoms with Gasteiger partial charge in [-0.1, -0.05) is 30.3 Å². The fourth-order valence-electron chi connectivity index (χ4n) is 2.97. The van der Waals surface area contributed by atoms with Crippen LogP contribution in [0.1, 0.15) is 31.7 Å². The summed E-state index contributed by atoms with van der Waals surface area (Å²) in [4.78, 5) is 4.34. The second-order valence-corrected chi connectivity index (χ2v) is 6.49. The minimum absolute atomic E-state index is 0.150. The number of aliphatic imine (C=N–C) groups is 1. The third-order valence-electron chi connectivity index (χ3n) is 4.73. The van der Waals surface area contributed by atoms with Crippen LogP contribution in [0, 0.1) is 0 Å². The Hall–Kier alpha value is -1.59. The van der Waals surface area contributed by atoms with E-state index < -0.39 is 0 Å². The van der Waals surface area contributed by atoms with Crippen molar-refractivity contribution in [2.24, 2.45) is 4.99 Å². The van der Waals surface area contributed by atoms with E-state index >= 15 is 0 Å². The minimum Gasteiger partial charge on any atom is -0.381 e. The number of guanidine groups is 1. The van der Waals surface area contributed by atoms with Gasteiger partial charge in [0.25, 0.3) is 0 Å². The molecule has 1 saturated heterocycles. The van der Waals surface area contributed by atoms with Crippen molar-refractivity contribution >= 4 is 5.96 Å². The van der Waals surface area contributed by atoms with E-state index in [-0.39, 0.29) is 5.60 Å². The van der Waals surface area contributed by atoms with E-state index in [2.05, 4.69) is 52.9 Å². The summed E-state index contributed by atoms with van der Waals surface area (Å²) in [7, 11) is 3.59. The molecule has 1 heterocycles. The van der Waals surface area contributed by atoms with Gasteiger partial charge >= 0.3 is 0 Å². The SMILES string of the molecule is CN=C(NCC1(OC)CCOCC1)NC(C)CCc1ccccc1. The van der Waals surface area contributed by atoms with Crippen molar-refractivity contribution in [3.63, 3.8) is 0 Å². The minimum atomic E-state index is -0.150. The second-order valence-electron chi connectivity index (χ2n) is 6.49. The van der Waals surface area contributed by atoms with Crippen LogP contribution in [0.2, 0.25) is 0 Å². The van der Waals surface area contributed by atoms with Crippen molar-refractivity contribution in [2.45, 2.75) is 44.2 Å². The van der Waals surface area contributed by atoms with Crippen LogP contribution in [-0.2, 0) is 15.9 Å². The van der Waals surface area contributed by atoms with Crippen LogP contribution in [0.3, 0.4) is 0 Å². The van der Waals surface area contributed by atoms with E-state index in [1.54, 1.807) is 7.11 Å². The number of methoxy groups -OCH3 is 1. The highest BCUT2D eigenvalue weighted by molar-refractivity contribution is 5.80. The lowest BCUT2D eigenvalue weighted by atomic mass is 9.94. The monoisotopic (exact) mass is 333 g/mol. The van der Waals surface area contributed by atoms with Crippen molar-refractivity contribution in [1.82, 2.24) is 10.6 Å². The fourth-order valence-corrected chi connectivity index (χ4v) is 2.97. The van der Waals surface area contributed by atoms with Gasteiger partial charge in [-0.25, -0.2) is 0 Å². The van der Waals surface area contributed by atoms with Gasteiger partial charge in [-0.05, 0) is 25.3 Å². The molecule has 1 aliphatic heterocycles. The summed E-state index contributed by atoms with van der Waals surface area (Å²) < 4.78 is 11.2. The largest absolute Gasteiger partial charge is 0.381 e. The Bertz CT molecular complexity index is 499. The quantitative estimate of drug-likeness (QED) is 0.594. The zero-order valence-corrected chi connectivity index (χ0v) is 15.2. The van der Waals surface area contributed by atoms with E-state index in [1.165, 1.54) is 5.56 Å². The summed E-state index contributed by atoms with van der Waals surface area (Å²) in [5.74, 6) is 0.832. The number of ether oxygens (including phenoxy) is 2. The van der Waals surface area contributed by atoms with Crippen LogP contribution in [-0.4, -0.2) is 51.5 Å². The number of aryl methyl sites for hydroxylation is 1. The first-order valence-corrected chi connectivity index (χ1v) is 8.81. The Morgan fingerprint density at radius 3 is 2.62 bits per heavy atom. The van der Waals surface area contributed by atoms with Crippen molar-refractivity contribution in [2.75, 3.05) is 33.9 Å². The number of nitrogens with one attached hydrogen (secondary N) is 2. The molecule has 1 fully saturated rings. The Morgan fingerprint density at radius 1 is 1.29 bits per heavy atom. The van der Waals surface area contributed by atoms with Crippen molar-refractivity contribution in [3.05, 3.63) is 35.9 Å². The van der Waals surface area contributed by atoms with Gasteiger partial charge in [0.05, 0.1) is 5.60 Å².